The van der Waals surface area contributed by atoms with Crippen molar-refractivity contribution in [3.63, 3.8) is 0 Å². The summed E-state index contributed by atoms with van der Waals surface area (Å²) < 4.78 is 0. The van der Waals surface area contributed by atoms with Gasteiger partial charge in [-0.05, 0) is 11.8 Å². The second-order valence-corrected chi connectivity index (χ2v) is 4.04. The molecule has 0 aromatic carbocycles. The average molecular weight is 191 g/mol. The van der Waals surface area contributed by atoms with Crippen LogP contribution < -0.4 is 4.84 Å². The Hall–Kier alpha value is -0.120. The second kappa shape index (κ2) is 4.04. The van der Waals surface area contributed by atoms with Crippen molar-refractivity contribution in [3.05, 3.63) is 16.1 Å². The molecule has 1 aromatic rings. The van der Waals surface area contributed by atoms with Crippen LogP contribution in [0.5, 0.6) is 0 Å². The number of hydrogen-bond acceptors (Lipinski definition) is 3. The highest BCUT2D eigenvalue weighted by molar-refractivity contribution is 7.11. The third-order valence-corrected chi connectivity index (χ3v) is 2.74. The van der Waals surface area contributed by atoms with E-state index in [-0.39, 0.29) is 0 Å². The molecule has 4 heteroatoms. The van der Waals surface area contributed by atoms with E-state index in [1.165, 1.54) is 9.88 Å². The molecule has 0 amide bonds. The van der Waals surface area contributed by atoms with E-state index >= 15 is 0 Å². The minimum atomic E-state index is 0.518. The lowest BCUT2D eigenvalue weighted by Crippen LogP contribution is -1.94. The van der Waals surface area contributed by atoms with Crippen LogP contribution in [0.2, 0.25) is 0 Å². The van der Waals surface area contributed by atoms with Crippen molar-refractivity contribution in [1.82, 2.24) is 9.82 Å². The third kappa shape index (κ3) is 2.43. The van der Waals surface area contributed by atoms with E-state index in [4.69, 9.17) is 11.8 Å². The standard InChI is InChI=1S/C7H11ClN2S/c1-5(2)7-9-3-6(11-7)4-10-8/h3,5,10H,4H2,1-2H3. The molecule has 0 aliphatic carbocycles. The first-order valence-corrected chi connectivity index (χ1v) is 4.71. The van der Waals surface area contributed by atoms with Crippen LogP contribution in [-0.2, 0) is 6.54 Å². The Balaban J connectivity index is 2.66. The monoisotopic (exact) mass is 190 g/mol. The summed E-state index contributed by atoms with van der Waals surface area (Å²) in [6.45, 7) is 4.97. The molecule has 0 saturated heterocycles. The highest BCUT2D eigenvalue weighted by atomic mass is 35.5. The van der Waals surface area contributed by atoms with Gasteiger partial charge in [0, 0.05) is 23.5 Å². The van der Waals surface area contributed by atoms with Crippen LogP contribution in [0.15, 0.2) is 6.20 Å². The molecular formula is C7H11ClN2S. The molecule has 1 rings (SSSR count). The normalized spacial score (nSPS) is 10.9. The predicted octanol–water partition coefficient (Wildman–Crippen LogP) is 2.51. The van der Waals surface area contributed by atoms with E-state index in [0.29, 0.717) is 12.5 Å². The van der Waals surface area contributed by atoms with Gasteiger partial charge in [-0.15, -0.1) is 11.3 Å². The summed E-state index contributed by atoms with van der Waals surface area (Å²) in [6.07, 6.45) is 1.87. The molecule has 0 spiro atoms. The smallest absolute Gasteiger partial charge is 0.0953 e. The Bertz CT molecular complexity index is 222. The van der Waals surface area contributed by atoms with Crippen molar-refractivity contribution in [1.29, 1.82) is 0 Å². The maximum atomic E-state index is 5.35. The highest BCUT2D eigenvalue weighted by Gasteiger charge is 2.04. The molecular weight excluding hydrogens is 180 g/mol. The number of nitrogens with one attached hydrogen (secondary N) is 1. The fourth-order valence-electron chi connectivity index (χ4n) is 0.737. The first kappa shape index (κ1) is 8.97. The van der Waals surface area contributed by atoms with E-state index in [9.17, 15) is 0 Å². The summed E-state index contributed by atoms with van der Waals surface area (Å²) in [6, 6.07) is 0. The minimum Gasteiger partial charge on any atom is -0.249 e. The molecule has 2 nitrogen and oxygen atoms in total. The van der Waals surface area contributed by atoms with Gasteiger partial charge in [-0.1, -0.05) is 13.8 Å². The molecule has 0 fully saturated rings. The summed E-state index contributed by atoms with van der Waals surface area (Å²) in [5.41, 5.74) is 0. The van der Waals surface area contributed by atoms with E-state index in [2.05, 4.69) is 23.7 Å². The van der Waals surface area contributed by atoms with Crippen LogP contribution >= 0.6 is 23.1 Å². The maximum absolute atomic E-state index is 5.35. The number of thiazole rings is 1. The zero-order valence-electron chi connectivity index (χ0n) is 6.60. The quantitative estimate of drug-likeness (QED) is 0.741. The number of rotatable bonds is 3. The lowest BCUT2D eigenvalue weighted by molar-refractivity contribution is 0.852. The van der Waals surface area contributed by atoms with Gasteiger partial charge in [0.1, 0.15) is 0 Å². The summed E-state index contributed by atoms with van der Waals surface area (Å²) in [5.74, 6) is 0.518. The molecule has 0 aliphatic rings. The second-order valence-electron chi connectivity index (χ2n) is 2.63. The molecule has 0 aliphatic heterocycles. The average Bonchev–Trinajstić information content (AvgIpc) is 2.37. The van der Waals surface area contributed by atoms with E-state index in [0.717, 1.165) is 0 Å². The first-order valence-electron chi connectivity index (χ1n) is 3.52. The molecule has 1 N–H and O–H groups in total. The summed E-state index contributed by atoms with van der Waals surface area (Å²) in [7, 11) is 0. The van der Waals surface area contributed by atoms with Crippen molar-refractivity contribution in [2.75, 3.05) is 0 Å². The molecule has 0 saturated carbocycles. The van der Waals surface area contributed by atoms with Crippen LogP contribution in [0.1, 0.15) is 29.7 Å². The van der Waals surface area contributed by atoms with Gasteiger partial charge in [-0.3, -0.25) is 0 Å². The van der Waals surface area contributed by atoms with E-state index in [1.54, 1.807) is 11.3 Å². The number of nitrogens with zero attached hydrogens (tertiary/aromatic N) is 1. The molecule has 62 valence electrons. The SMILES string of the molecule is CC(C)c1ncc(CNCl)s1. The molecule has 11 heavy (non-hydrogen) atoms. The lowest BCUT2D eigenvalue weighted by atomic mass is 10.2. The summed E-state index contributed by atoms with van der Waals surface area (Å²) >= 11 is 7.06. The highest BCUT2D eigenvalue weighted by Crippen LogP contribution is 2.20. The Morgan fingerprint density at radius 1 is 1.73 bits per heavy atom. The van der Waals surface area contributed by atoms with Crippen molar-refractivity contribution < 1.29 is 0 Å². The molecule has 0 unspecified atom stereocenters. The fraction of sp³-hybridized carbons (Fsp3) is 0.571. The van der Waals surface area contributed by atoms with Crippen molar-refractivity contribution >= 4 is 23.1 Å². The van der Waals surface area contributed by atoms with Gasteiger partial charge in [0.15, 0.2) is 0 Å². The molecule has 1 heterocycles. The fourth-order valence-corrected chi connectivity index (χ4v) is 1.82. The van der Waals surface area contributed by atoms with Crippen LogP contribution in [-0.4, -0.2) is 4.98 Å². The predicted molar refractivity (Wildman–Crippen MR) is 48.9 cm³/mol. The maximum Gasteiger partial charge on any atom is 0.0953 e. The van der Waals surface area contributed by atoms with Gasteiger partial charge in [-0.25, -0.2) is 9.82 Å². The Labute approximate surface area is 75.7 Å². The zero-order chi connectivity index (χ0) is 8.27. The van der Waals surface area contributed by atoms with Crippen LogP contribution in [0, 0.1) is 0 Å². The Morgan fingerprint density at radius 3 is 2.91 bits per heavy atom. The van der Waals surface area contributed by atoms with Gasteiger partial charge in [0.2, 0.25) is 0 Å². The Kier molecular flexibility index (Phi) is 3.30. The Morgan fingerprint density at radius 2 is 2.45 bits per heavy atom. The zero-order valence-corrected chi connectivity index (χ0v) is 8.17. The lowest BCUT2D eigenvalue weighted by Gasteiger charge is -1.95. The molecule has 0 atom stereocenters. The molecule has 0 radical (unpaired) electrons. The third-order valence-electron chi connectivity index (χ3n) is 1.31. The minimum absolute atomic E-state index is 0.518. The van der Waals surface area contributed by atoms with Gasteiger partial charge in [0.25, 0.3) is 0 Å². The van der Waals surface area contributed by atoms with Crippen molar-refractivity contribution in [3.8, 4) is 0 Å². The summed E-state index contributed by atoms with van der Waals surface area (Å²) in [5, 5.41) is 1.17. The van der Waals surface area contributed by atoms with Crippen LogP contribution in [0.4, 0.5) is 0 Å². The van der Waals surface area contributed by atoms with Gasteiger partial charge >= 0.3 is 0 Å². The molecule has 0 bridgehead atoms. The largest absolute Gasteiger partial charge is 0.249 e. The van der Waals surface area contributed by atoms with E-state index < -0.39 is 0 Å². The van der Waals surface area contributed by atoms with E-state index in [1.807, 2.05) is 6.20 Å². The van der Waals surface area contributed by atoms with Crippen LogP contribution in [0.3, 0.4) is 0 Å². The van der Waals surface area contributed by atoms with Crippen molar-refractivity contribution in [2.45, 2.75) is 26.3 Å². The molecule has 1 aromatic heterocycles. The number of halogens is 1. The van der Waals surface area contributed by atoms with Crippen LogP contribution in [0.25, 0.3) is 0 Å². The topological polar surface area (TPSA) is 24.9 Å². The van der Waals surface area contributed by atoms with Crippen molar-refractivity contribution in [2.24, 2.45) is 0 Å². The van der Waals surface area contributed by atoms with Gasteiger partial charge in [0.05, 0.1) is 5.01 Å². The van der Waals surface area contributed by atoms with Gasteiger partial charge < -0.3 is 0 Å². The first-order chi connectivity index (χ1) is 5.24. The summed E-state index contributed by atoms with van der Waals surface area (Å²) in [4.78, 5) is 8.02. The number of aromatic nitrogens is 1. The van der Waals surface area contributed by atoms with Gasteiger partial charge in [-0.2, -0.15) is 0 Å². The number of hydrogen-bond donors (Lipinski definition) is 1.